The van der Waals surface area contributed by atoms with Crippen LogP contribution in [0.3, 0.4) is 0 Å². The molecule has 6 heteroatoms. The molecule has 0 fully saturated rings. The van der Waals surface area contributed by atoms with E-state index in [-0.39, 0.29) is 17.2 Å². The second kappa shape index (κ2) is 8.01. The highest BCUT2D eigenvalue weighted by molar-refractivity contribution is 6.30. The highest BCUT2D eigenvalue weighted by Crippen LogP contribution is 2.14. The number of hydrogen-bond donors (Lipinski definition) is 1. The molecule has 3 aromatic rings. The van der Waals surface area contributed by atoms with E-state index in [2.05, 4.69) is 5.32 Å². The van der Waals surface area contributed by atoms with Crippen LogP contribution in [-0.4, -0.2) is 16.3 Å². The predicted molar refractivity (Wildman–Crippen MR) is 106 cm³/mol. The van der Waals surface area contributed by atoms with Crippen molar-refractivity contribution in [1.82, 2.24) is 4.57 Å². The van der Waals surface area contributed by atoms with Gasteiger partial charge in [0.05, 0.1) is 12.1 Å². The first-order valence-corrected chi connectivity index (χ1v) is 8.67. The minimum atomic E-state index is -0.365. The molecule has 1 heterocycles. The lowest BCUT2D eigenvalue weighted by Gasteiger charge is -2.10. The molecule has 27 heavy (non-hydrogen) atoms. The van der Waals surface area contributed by atoms with Crippen LogP contribution in [0.5, 0.6) is 0 Å². The van der Waals surface area contributed by atoms with Gasteiger partial charge in [0.15, 0.2) is 5.78 Å². The molecule has 0 radical (unpaired) electrons. The molecule has 136 valence electrons. The number of benzene rings is 2. The maximum absolute atomic E-state index is 12.5. The molecule has 5 nitrogen and oxygen atoms in total. The third-order valence-electron chi connectivity index (χ3n) is 4.01. The lowest BCUT2D eigenvalue weighted by atomic mass is 10.1. The van der Waals surface area contributed by atoms with Crippen molar-refractivity contribution in [2.45, 2.75) is 13.5 Å². The summed E-state index contributed by atoms with van der Waals surface area (Å²) >= 11 is 5.98. The van der Waals surface area contributed by atoms with Crippen molar-refractivity contribution in [2.24, 2.45) is 0 Å². The SMILES string of the molecule is CC(=O)c1cccc(NC(=O)c2ccc(=O)n(Cc3cccc(Cl)c3)c2)c1. The monoisotopic (exact) mass is 380 g/mol. The van der Waals surface area contributed by atoms with Gasteiger partial charge in [-0.2, -0.15) is 0 Å². The molecule has 2 aromatic carbocycles. The molecule has 0 bridgehead atoms. The van der Waals surface area contributed by atoms with Crippen molar-refractivity contribution >= 4 is 29.0 Å². The summed E-state index contributed by atoms with van der Waals surface area (Å²) in [6.07, 6.45) is 1.51. The van der Waals surface area contributed by atoms with E-state index in [1.54, 1.807) is 42.5 Å². The number of ketones is 1. The van der Waals surface area contributed by atoms with Gasteiger partial charge in [-0.15, -0.1) is 0 Å². The maximum atomic E-state index is 12.5. The van der Waals surface area contributed by atoms with Gasteiger partial charge in [0.2, 0.25) is 0 Å². The van der Waals surface area contributed by atoms with Gasteiger partial charge in [-0.3, -0.25) is 14.4 Å². The number of carbonyl (C=O) groups is 2. The van der Waals surface area contributed by atoms with Crippen LogP contribution in [0, 0.1) is 0 Å². The van der Waals surface area contributed by atoms with Crippen molar-refractivity contribution in [3.8, 4) is 0 Å². The van der Waals surface area contributed by atoms with Crippen molar-refractivity contribution in [3.63, 3.8) is 0 Å². The molecule has 0 aliphatic rings. The first-order valence-electron chi connectivity index (χ1n) is 8.30. The number of aromatic nitrogens is 1. The molecule has 1 amide bonds. The van der Waals surface area contributed by atoms with Gasteiger partial charge in [0.1, 0.15) is 0 Å². The van der Waals surface area contributed by atoms with Gasteiger partial charge in [-0.25, -0.2) is 0 Å². The third kappa shape index (κ3) is 4.71. The molecule has 0 saturated carbocycles. The van der Waals surface area contributed by atoms with E-state index in [1.807, 2.05) is 6.07 Å². The topological polar surface area (TPSA) is 68.2 Å². The summed E-state index contributed by atoms with van der Waals surface area (Å²) in [6, 6.07) is 16.7. The van der Waals surface area contributed by atoms with Crippen molar-refractivity contribution in [1.29, 1.82) is 0 Å². The van der Waals surface area contributed by atoms with Crippen LogP contribution < -0.4 is 10.9 Å². The van der Waals surface area contributed by atoms with E-state index in [0.29, 0.717) is 28.4 Å². The zero-order valence-corrected chi connectivity index (χ0v) is 15.4. The van der Waals surface area contributed by atoms with E-state index < -0.39 is 0 Å². The Morgan fingerprint density at radius 3 is 2.52 bits per heavy atom. The van der Waals surface area contributed by atoms with Gasteiger partial charge in [-0.1, -0.05) is 35.9 Å². The summed E-state index contributed by atoms with van der Waals surface area (Å²) in [7, 11) is 0. The molecule has 0 aliphatic heterocycles. The standard InChI is InChI=1S/C21H17ClN2O3/c1-14(25)16-5-3-7-19(11-16)23-21(27)17-8-9-20(26)24(13-17)12-15-4-2-6-18(22)10-15/h2-11,13H,12H2,1H3,(H,23,27). The van der Waals surface area contributed by atoms with Crippen LogP contribution in [0.1, 0.15) is 33.2 Å². The van der Waals surface area contributed by atoms with E-state index in [1.165, 1.54) is 29.8 Å². The fraction of sp³-hybridized carbons (Fsp3) is 0.0952. The lowest BCUT2D eigenvalue weighted by molar-refractivity contribution is 0.101. The van der Waals surface area contributed by atoms with Crippen LogP contribution in [0.15, 0.2) is 71.7 Å². The van der Waals surface area contributed by atoms with Gasteiger partial charge < -0.3 is 9.88 Å². The third-order valence-corrected chi connectivity index (χ3v) is 4.25. The average Bonchev–Trinajstić information content (AvgIpc) is 2.63. The molecule has 0 unspecified atom stereocenters. The minimum absolute atomic E-state index is 0.0822. The smallest absolute Gasteiger partial charge is 0.257 e. The number of Topliss-reactive ketones (excluding diaryl/α,β-unsaturated/α-hetero) is 1. The summed E-state index contributed by atoms with van der Waals surface area (Å²) < 4.78 is 1.45. The molecular formula is C21H17ClN2O3. The number of nitrogens with one attached hydrogen (secondary N) is 1. The van der Waals surface area contributed by atoms with Gasteiger partial charge >= 0.3 is 0 Å². The van der Waals surface area contributed by atoms with E-state index in [9.17, 15) is 14.4 Å². The maximum Gasteiger partial charge on any atom is 0.257 e. The Morgan fingerprint density at radius 2 is 1.78 bits per heavy atom. The predicted octanol–water partition coefficient (Wildman–Crippen LogP) is 4.00. The van der Waals surface area contributed by atoms with Crippen LogP contribution >= 0.6 is 11.6 Å². The Labute approximate surface area is 161 Å². The summed E-state index contributed by atoms with van der Waals surface area (Å²) in [5.41, 5.74) is 2.00. The molecule has 1 aromatic heterocycles. The highest BCUT2D eigenvalue weighted by Gasteiger charge is 2.10. The van der Waals surface area contributed by atoms with Crippen LogP contribution in [0.25, 0.3) is 0 Å². The summed E-state index contributed by atoms with van der Waals surface area (Å²) in [5, 5.41) is 3.33. The summed E-state index contributed by atoms with van der Waals surface area (Å²) in [5.74, 6) is -0.447. The Morgan fingerprint density at radius 1 is 1.00 bits per heavy atom. The van der Waals surface area contributed by atoms with Crippen LogP contribution in [-0.2, 0) is 6.54 Å². The number of rotatable bonds is 5. The van der Waals surface area contributed by atoms with E-state index in [4.69, 9.17) is 11.6 Å². The zero-order valence-electron chi connectivity index (χ0n) is 14.6. The van der Waals surface area contributed by atoms with E-state index in [0.717, 1.165) is 5.56 Å². The zero-order chi connectivity index (χ0) is 19.4. The van der Waals surface area contributed by atoms with E-state index >= 15 is 0 Å². The largest absolute Gasteiger partial charge is 0.322 e. The van der Waals surface area contributed by atoms with Gasteiger partial charge in [0, 0.05) is 28.5 Å². The summed E-state index contributed by atoms with van der Waals surface area (Å²) in [6.45, 7) is 1.77. The minimum Gasteiger partial charge on any atom is -0.322 e. The van der Waals surface area contributed by atoms with Crippen molar-refractivity contribution < 1.29 is 9.59 Å². The first-order chi connectivity index (χ1) is 12.9. The number of anilines is 1. The molecule has 1 N–H and O–H groups in total. The Hall–Kier alpha value is -3.18. The fourth-order valence-electron chi connectivity index (χ4n) is 2.64. The molecule has 3 rings (SSSR count). The average molecular weight is 381 g/mol. The molecule has 0 saturated heterocycles. The quantitative estimate of drug-likeness (QED) is 0.680. The lowest BCUT2D eigenvalue weighted by Crippen LogP contribution is -2.22. The molecule has 0 spiro atoms. The van der Waals surface area contributed by atoms with Gasteiger partial charge in [0.25, 0.3) is 11.5 Å². The second-order valence-corrected chi connectivity index (χ2v) is 6.54. The van der Waals surface area contributed by atoms with Crippen LogP contribution in [0.2, 0.25) is 5.02 Å². The Kier molecular flexibility index (Phi) is 5.52. The number of amides is 1. The van der Waals surface area contributed by atoms with Crippen molar-refractivity contribution in [3.05, 3.63) is 98.9 Å². The number of halogens is 1. The molecule has 0 aliphatic carbocycles. The highest BCUT2D eigenvalue weighted by atomic mass is 35.5. The number of nitrogens with zero attached hydrogens (tertiary/aromatic N) is 1. The summed E-state index contributed by atoms with van der Waals surface area (Å²) in [4.78, 5) is 36.1. The molecule has 0 atom stereocenters. The number of hydrogen-bond acceptors (Lipinski definition) is 3. The van der Waals surface area contributed by atoms with Gasteiger partial charge in [-0.05, 0) is 42.8 Å². The first kappa shape index (κ1) is 18.6. The Bertz CT molecular complexity index is 1070. The Balaban J connectivity index is 1.82. The van der Waals surface area contributed by atoms with Crippen LogP contribution in [0.4, 0.5) is 5.69 Å². The second-order valence-electron chi connectivity index (χ2n) is 6.10. The molecular weight excluding hydrogens is 364 g/mol. The normalized spacial score (nSPS) is 10.4. The number of pyridine rings is 1. The van der Waals surface area contributed by atoms with Crippen molar-refractivity contribution in [2.75, 3.05) is 5.32 Å². The fourth-order valence-corrected chi connectivity index (χ4v) is 2.85. The number of carbonyl (C=O) groups excluding carboxylic acids is 2.